The highest BCUT2D eigenvalue weighted by atomic mass is 35.5. The summed E-state index contributed by atoms with van der Waals surface area (Å²) in [5.74, 6) is -8.56. The average molecular weight is 1790 g/mol. The van der Waals surface area contributed by atoms with Crippen molar-refractivity contribution in [3.05, 3.63) is 141 Å². The number of aliphatic hydroxyl groups is 11. The second-order valence-electron chi connectivity index (χ2n) is 40.0. The molecule has 3 heterocycles. The van der Waals surface area contributed by atoms with E-state index < -0.39 is 225 Å². The number of hydrogen-bond donors (Lipinski definition) is 11. The van der Waals surface area contributed by atoms with Crippen molar-refractivity contribution in [3.8, 4) is 0 Å². The summed E-state index contributed by atoms with van der Waals surface area (Å²) in [5.41, 5.74) is -14.3. The fourth-order valence-corrected chi connectivity index (χ4v) is 25.9. The van der Waals surface area contributed by atoms with Crippen LogP contribution in [0.5, 0.6) is 0 Å². The topological polar surface area (TPSA) is 434 Å². The fourth-order valence-electron chi connectivity index (χ4n) is 24.8. The minimum Gasteiger partial charge on any atom is -0.455 e. The van der Waals surface area contributed by atoms with E-state index in [1.165, 1.54) is 39.8 Å². The summed E-state index contributed by atoms with van der Waals surface area (Å²) in [4.78, 5) is 93.0. The van der Waals surface area contributed by atoms with Crippen LogP contribution in [0.15, 0.2) is 124 Å². The van der Waals surface area contributed by atoms with E-state index in [-0.39, 0.29) is 91.4 Å². The Morgan fingerprint density at radius 2 is 0.798 bits per heavy atom. The molecule has 3 aliphatic heterocycles. The zero-order valence-corrected chi connectivity index (χ0v) is 76.9. The summed E-state index contributed by atoms with van der Waals surface area (Å²) in [6.45, 7) is 34.8. The minimum absolute atomic E-state index is 0.0219. The fraction of sp³-hybridized carbons (Fsp3) is 0.667. The van der Waals surface area contributed by atoms with Gasteiger partial charge in [-0.05, 0) is 124 Å². The van der Waals surface area contributed by atoms with E-state index in [1.54, 1.807) is 121 Å². The van der Waals surface area contributed by atoms with Crippen molar-refractivity contribution >= 4 is 73.1 Å². The SMILES string of the molecule is CC(=O)O[C@@]12CO[C@@H]1C[C@H](C)[C@]1(C)C2[C@H](OC(=O)c2ccccc2)[C@]2(O)C[C@H](O[Si](C)(C)C)C(C)=C([C@@H](C)[C@H]1O)C2(C)C.CC(=O)O[C@@]12CO[C@@H]1C[C@H](O)[C@@]1(C)C(=O)[C@H](O)C3=C(C)[C@@H](O)C[C@@](O)([C@@H](OC(=O)c4ccccc4)C12)C3(C)C.CC(=O)O[C@@]12CO[C@@H]1C[C@H](O)[C@]1(C)C2[C@H](OC(=O)c2ccccc2)[C@]2(O)C[C@H](O)C(C)=C([C@@H](O)[C@H]1O)C2(C)C.ClCCl. The molecular weight excluding hydrogens is 1660 g/mol. The second-order valence-corrected chi connectivity index (χ2v) is 45.3. The summed E-state index contributed by atoms with van der Waals surface area (Å²) >= 11 is 9.53. The molecule has 6 bridgehead atoms. The highest BCUT2D eigenvalue weighted by molar-refractivity contribution is 6.69. The number of carbonyl (C=O) groups excluding carboxylic acids is 7. The lowest BCUT2D eigenvalue weighted by atomic mass is 9.42. The van der Waals surface area contributed by atoms with Gasteiger partial charge in [-0.15, -0.1) is 23.2 Å². The number of Topliss-reactive ketones (excluding diaryl/α,β-unsaturated/α-hetero) is 1. The van der Waals surface area contributed by atoms with Crippen LogP contribution in [-0.4, -0.2) is 256 Å². The molecule has 684 valence electrons. The Hall–Kier alpha value is -6.43. The second kappa shape index (κ2) is 33.8. The molecule has 0 spiro atoms. The van der Waals surface area contributed by atoms with Crippen LogP contribution in [0.25, 0.3) is 0 Å². The molecule has 124 heavy (non-hydrogen) atoms. The van der Waals surface area contributed by atoms with Crippen molar-refractivity contribution in [1.82, 2.24) is 0 Å². The van der Waals surface area contributed by atoms with Crippen LogP contribution < -0.4 is 0 Å². The van der Waals surface area contributed by atoms with Gasteiger partial charge in [0.2, 0.25) is 0 Å². The average Bonchev–Trinajstić information content (AvgIpc) is 0.677. The molecule has 12 aliphatic rings. The lowest BCUT2D eigenvalue weighted by molar-refractivity contribution is -0.365. The Balaban J connectivity index is 0.000000167. The van der Waals surface area contributed by atoms with E-state index in [0.29, 0.717) is 23.1 Å². The zero-order chi connectivity index (χ0) is 92.0. The zero-order valence-electron chi connectivity index (χ0n) is 74.4. The lowest BCUT2D eigenvalue weighted by Crippen LogP contribution is -2.82. The summed E-state index contributed by atoms with van der Waals surface area (Å²) in [6, 6.07) is 25.0. The van der Waals surface area contributed by atoms with Crippen LogP contribution in [0.2, 0.25) is 19.6 Å². The third-order valence-electron chi connectivity index (χ3n) is 31.6. The number of ether oxygens (including phenoxy) is 9. The van der Waals surface area contributed by atoms with Gasteiger partial charge in [0.05, 0.1) is 108 Å². The Labute approximate surface area is 735 Å². The van der Waals surface area contributed by atoms with Gasteiger partial charge in [0, 0.05) is 85.9 Å². The van der Waals surface area contributed by atoms with Crippen molar-refractivity contribution in [1.29, 1.82) is 0 Å². The maximum absolute atomic E-state index is 14.3. The smallest absolute Gasteiger partial charge is 0.338 e. The number of benzene rings is 3. The van der Waals surface area contributed by atoms with E-state index in [4.69, 9.17) is 70.3 Å². The van der Waals surface area contributed by atoms with Gasteiger partial charge >= 0.3 is 35.8 Å². The monoisotopic (exact) mass is 1790 g/mol. The van der Waals surface area contributed by atoms with Crippen molar-refractivity contribution in [3.63, 3.8) is 0 Å². The first-order valence-electron chi connectivity index (χ1n) is 42.8. The molecule has 0 amide bonds. The third-order valence-corrected chi connectivity index (χ3v) is 32.6. The molecule has 31 heteroatoms. The van der Waals surface area contributed by atoms with Crippen molar-refractivity contribution < 1.29 is 137 Å². The standard InChI is InChI=1S/C34H50O8Si.C29H38O10.C29H36O10.CH2Cl2/c1-19-16-25-33(18-39-25,41-22(4)35)27-29(40-30(37)23-14-12-11-13-15-23)34(38)17-24(42-43(8,9)10)20(2)26(31(34,5)6)21(3)28(36)32(19,27)7;2*1-14-17(31)12-29(36)24(38-25(35)16-9-7-6-8-10-16)22-27(5,23(34)21(33)20(14)26(29,3)4)18(32)11-19-28(22,13-37-19)39-15(2)30;2-1-3/h11-15,19,21,24-25,27-29,36,38H,16-18H2,1-10H3;6-10,17-19,21-24,31-34,36H,11-13H2,1-5H3;6-10,17-19,21-22,24,31-33,36H,11-13H2,1-5H3;1H2/t19-,21+,24-,25+,27?,28+,29-,32+,33-,34+;17-,18-,19+,21+,22?,23+,24-,27+,28-,29+;17-,18-,19+,21+,22?,24-,27+,28-,29+;/m000./s1. The van der Waals surface area contributed by atoms with Gasteiger partial charge in [0.1, 0.15) is 65.6 Å². The summed E-state index contributed by atoms with van der Waals surface area (Å²) in [5, 5.41) is 132. The van der Waals surface area contributed by atoms with Crippen LogP contribution in [0.3, 0.4) is 0 Å². The van der Waals surface area contributed by atoms with E-state index >= 15 is 0 Å². The van der Waals surface area contributed by atoms with Crippen molar-refractivity contribution in [2.75, 3.05) is 25.2 Å². The summed E-state index contributed by atoms with van der Waals surface area (Å²) in [6.07, 6.45) is -17.8. The van der Waals surface area contributed by atoms with Crippen LogP contribution in [0.1, 0.15) is 187 Å². The lowest BCUT2D eigenvalue weighted by Gasteiger charge is -2.70. The Morgan fingerprint density at radius 3 is 1.18 bits per heavy atom. The van der Waals surface area contributed by atoms with Gasteiger partial charge in [-0.3, -0.25) is 19.2 Å². The molecule has 3 saturated heterocycles. The van der Waals surface area contributed by atoms with Gasteiger partial charge in [0.15, 0.2) is 30.9 Å². The molecule has 9 aliphatic carbocycles. The predicted molar refractivity (Wildman–Crippen MR) is 453 cm³/mol. The number of aliphatic hydroxyl groups excluding tert-OH is 8. The van der Waals surface area contributed by atoms with Crippen LogP contribution in [0.4, 0.5) is 0 Å². The highest BCUT2D eigenvalue weighted by Gasteiger charge is 2.82. The molecule has 0 radical (unpaired) electrons. The Bertz CT molecular complexity index is 4690. The van der Waals surface area contributed by atoms with Crippen LogP contribution in [-0.2, 0) is 66.2 Å². The molecule has 3 aromatic rings. The molecule has 29 atom stereocenters. The normalized spacial score (nSPS) is 42.2. The summed E-state index contributed by atoms with van der Waals surface area (Å²) in [7, 11) is -2.10. The summed E-state index contributed by atoms with van der Waals surface area (Å²) < 4.78 is 61.1. The largest absolute Gasteiger partial charge is 0.455 e. The number of rotatable bonds is 11. The van der Waals surface area contributed by atoms with E-state index in [2.05, 4.69) is 33.5 Å². The van der Waals surface area contributed by atoms with Gasteiger partial charge in [-0.2, -0.15) is 0 Å². The van der Waals surface area contributed by atoms with Crippen molar-refractivity contribution in [2.24, 2.45) is 62.1 Å². The number of fused-ring (bicyclic) bond motifs is 15. The van der Waals surface area contributed by atoms with Crippen molar-refractivity contribution in [2.45, 2.75) is 301 Å². The van der Waals surface area contributed by atoms with Gasteiger partial charge < -0.3 is 103 Å². The number of hydrogen-bond acceptors (Lipinski definition) is 28. The maximum Gasteiger partial charge on any atom is 0.338 e. The predicted octanol–water partition coefficient (Wildman–Crippen LogP) is 8.66. The number of ketones is 1. The molecule has 6 saturated carbocycles. The molecule has 9 fully saturated rings. The van der Waals surface area contributed by atoms with E-state index in [0.717, 1.165) is 11.1 Å². The molecule has 28 nitrogen and oxygen atoms in total. The molecule has 11 N–H and O–H groups in total. The number of halogens is 2. The molecule has 15 rings (SSSR count). The number of alkyl halides is 2. The van der Waals surface area contributed by atoms with Gasteiger partial charge in [-0.1, -0.05) is 129 Å². The quantitative estimate of drug-likeness (QED) is 0.0281. The minimum atomic E-state index is -2.10. The Morgan fingerprint density at radius 1 is 0.460 bits per heavy atom. The Kier molecular flexibility index (Phi) is 26.4. The first-order chi connectivity index (χ1) is 57.5. The maximum atomic E-state index is 14.3. The van der Waals surface area contributed by atoms with E-state index in [9.17, 15) is 89.7 Å². The molecule has 3 unspecified atom stereocenters. The van der Waals surface area contributed by atoms with E-state index in [1.807, 2.05) is 33.8 Å². The first-order valence-corrected chi connectivity index (χ1v) is 47.3. The molecule has 3 aromatic carbocycles. The number of esters is 6. The third kappa shape index (κ3) is 14.9. The van der Waals surface area contributed by atoms with Gasteiger partial charge in [0.25, 0.3) is 0 Å². The highest BCUT2D eigenvalue weighted by Crippen LogP contribution is 2.70. The first kappa shape index (κ1) is 96.6. The van der Waals surface area contributed by atoms with Crippen LogP contribution in [0, 0.1) is 62.1 Å². The van der Waals surface area contributed by atoms with Gasteiger partial charge in [-0.25, -0.2) is 14.4 Å². The molecular formula is C93H126Cl2O28Si. The number of carbonyl (C=O) groups is 7. The molecule has 0 aromatic heterocycles. The van der Waals surface area contributed by atoms with Crippen LogP contribution >= 0.6 is 23.2 Å².